The topological polar surface area (TPSA) is 25.2 Å². The highest BCUT2D eigenvalue weighted by Crippen LogP contribution is 2.33. The van der Waals surface area contributed by atoms with Gasteiger partial charge < -0.3 is 9.47 Å². The van der Waals surface area contributed by atoms with E-state index in [0.29, 0.717) is 12.6 Å². The van der Waals surface area contributed by atoms with Crippen LogP contribution in [0.15, 0.2) is 42.5 Å². The number of aryl methyl sites for hydroxylation is 2. The molecule has 0 atom stereocenters. The molecule has 0 aliphatic carbocycles. The average molecular weight is 346 g/mol. The highest BCUT2D eigenvalue weighted by molar-refractivity contribution is 6.10. The van der Waals surface area contributed by atoms with E-state index in [1.54, 1.807) is 0 Å². The van der Waals surface area contributed by atoms with Gasteiger partial charge in [0, 0.05) is 33.9 Å². The fourth-order valence-electron chi connectivity index (χ4n) is 4.22. The first-order valence-corrected chi connectivity index (χ1v) is 9.55. The van der Waals surface area contributed by atoms with Crippen molar-refractivity contribution in [1.29, 1.82) is 0 Å². The lowest BCUT2D eigenvalue weighted by Gasteiger charge is -2.17. The largest absolute Gasteiger partial charge is 0.342 e. The molecule has 0 radical (unpaired) electrons. The van der Waals surface area contributed by atoms with Crippen molar-refractivity contribution in [1.82, 2.24) is 4.57 Å². The number of fused-ring (bicyclic) bond motifs is 2. The lowest BCUT2D eigenvalue weighted by atomic mass is 10.0. The van der Waals surface area contributed by atoms with E-state index < -0.39 is 0 Å². The summed E-state index contributed by atoms with van der Waals surface area (Å²) in [4.78, 5) is 14.9. The number of carbonyl (C=O) groups is 1. The van der Waals surface area contributed by atoms with Crippen molar-refractivity contribution in [3.63, 3.8) is 0 Å². The predicted molar refractivity (Wildman–Crippen MR) is 108 cm³/mol. The van der Waals surface area contributed by atoms with Gasteiger partial charge in [-0.1, -0.05) is 25.5 Å². The molecule has 3 nitrogen and oxygen atoms in total. The fraction of sp³-hybridized carbons (Fsp3) is 0.348. The van der Waals surface area contributed by atoms with Crippen molar-refractivity contribution in [3.8, 4) is 0 Å². The summed E-state index contributed by atoms with van der Waals surface area (Å²) in [6.45, 7) is 9.38. The third-order valence-electron chi connectivity index (χ3n) is 5.36. The zero-order chi connectivity index (χ0) is 18.4. The molecular formula is C23H26N2O. The van der Waals surface area contributed by atoms with Gasteiger partial charge in [-0.3, -0.25) is 4.79 Å². The summed E-state index contributed by atoms with van der Waals surface area (Å²) in [5.74, 6) is 0.123. The van der Waals surface area contributed by atoms with E-state index in [4.69, 9.17) is 0 Å². The van der Waals surface area contributed by atoms with Gasteiger partial charge >= 0.3 is 0 Å². The number of aromatic nitrogens is 1. The van der Waals surface area contributed by atoms with Crippen molar-refractivity contribution in [3.05, 3.63) is 64.8 Å². The van der Waals surface area contributed by atoms with Crippen LogP contribution in [0.4, 0.5) is 5.69 Å². The van der Waals surface area contributed by atoms with E-state index in [1.165, 1.54) is 22.2 Å². The molecule has 3 aromatic rings. The number of carbonyl (C=O) groups excluding carboxylic acids is 1. The molecule has 1 aliphatic rings. The Kier molecular flexibility index (Phi) is 4.10. The van der Waals surface area contributed by atoms with Gasteiger partial charge in [-0.2, -0.15) is 0 Å². The molecule has 2 heterocycles. The van der Waals surface area contributed by atoms with Crippen molar-refractivity contribution in [2.75, 3.05) is 4.90 Å². The Hall–Kier alpha value is -2.55. The van der Waals surface area contributed by atoms with E-state index in [9.17, 15) is 4.79 Å². The third kappa shape index (κ3) is 2.63. The number of benzene rings is 2. The Morgan fingerprint density at radius 2 is 1.88 bits per heavy atom. The van der Waals surface area contributed by atoms with Crippen LogP contribution in [-0.2, 0) is 13.0 Å². The minimum atomic E-state index is 0.123. The molecule has 3 heteroatoms. The Morgan fingerprint density at radius 1 is 1.08 bits per heavy atom. The van der Waals surface area contributed by atoms with E-state index in [2.05, 4.69) is 74.7 Å². The minimum absolute atomic E-state index is 0.123. The summed E-state index contributed by atoms with van der Waals surface area (Å²) < 4.78 is 2.34. The first kappa shape index (κ1) is 16.9. The summed E-state index contributed by atoms with van der Waals surface area (Å²) in [7, 11) is 0. The molecular weight excluding hydrogens is 320 g/mol. The first-order chi connectivity index (χ1) is 12.5. The molecule has 0 fully saturated rings. The second-order valence-electron chi connectivity index (χ2n) is 7.63. The Bertz CT molecular complexity index is 997. The third-order valence-corrected chi connectivity index (χ3v) is 5.36. The molecule has 1 aliphatic heterocycles. The normalized spacial score (nSPS) is 13.9. The monoisotopic (exact) mass is 346 g/mol. The highest BCUT2D eigenvalue weighted by Gasteiger charge is 2.29. The van der Waals surface area contributed by atoms with Crippen LogP contribution >= 0.6 is 0 Å². The molecule has 0 saturated carbocycles. The van der Waals surface area contributed by atoms with Gasteiger partial charge in [0.05, 0.1) is 6.54 Å². The first-order valence-electron chi connectivity index (χ1n) is 9.55. The summed E-state index contributed by atoms with van der Waals surface area (Å²) in [5, 5.41) is 1.20. The number of nitrogens with zero attached hydrogens (tertiary/aromatic N) is 2. The van der Waals surface area contributed by atoms with Crippen LogP contribution in [0.25, 0.3) is 10.9 Å². The predicted octanol–water partition coefficient (Wildman–Crippen LogP) is 5.64. The second-order valence-corrected chi connectivity index (χ2v) is 7.63. The van der Waals surface area contributed by atoms with E-state index >= 15 is 0 Å². The summed E-state index contributed by atoms with van der Waals surface area (Å²) in [5.41, 5.74) is 6.72. The number of rotatable bonds is 4. The minimum Gasteiger partial charge on any atom is -0.342 e. The Labute approximate surface area is 155 Å². The number of hydrogen-bond acceptors (Lipinski definition) is 1. The summed E-state index contributed by atoms with van der Waals surface area (Å²) >= 11 is 0. The van der Waals surface area contributed by atoms with Crippen molar-refractivity contribution >= 4 is 22.5 Å². The van der Waals surface area contributed by atoms with Gasteiger partial charge in [-0.05, 0) is 68.7 Å². The van der Waals surface area contributed by atoms with Gasteiger partial charge in [0.1, 0.15) is 0 Å². The maximum atomic E-state index is 13.0. The number of hydrogen-bond donors (Lipinski definition) is 0. The molecule has 26 heavy (non-hydrogen) atoms. The van der Waals surface area contributed by atoms with Crippen LogP contribution in [0.5, 0.6) is 0 Å². The zero-order valence-corrected chi connectivity index (χ0v) is 16.0. The van der Waals surface area contributed by atoms with E-state index in [1.807, 2.05) is 4.90 Å². The standard InChI is InChI=1S/C23H26N2O/c1-5-6-17-7-8-18-14-24(23(26)21(18)12-17)20-9-10-22-19(13-20)11-16(4)25(22)15(2)3/h7-13,15H,5-6,14H2,1-4H3. The van der Waals surface area contributed by atoms with Crippen LogP contribution in [0.2, 0.25) is 0 Å². The van der Waals surface area contributed by atoms with Gasteiger partial charge in [0.2, 0.25) is 0 Å². The summed E-state index contributed by atoms with van der Waals surface area (Å²) in [6, 6.07) is 15.4. The SMILES string of the molecule is CCCc1ccc2c(c1)C(=O)N(c1ccc3c(c1)cc(C)n3C(C)C)C2. The molecule has 4 rings (SSSR count). The molecule has 134 valence electrons. The van der Waals surface area contributed by atoms with Crippen molar-refractivity contribution in [2.24, 2.45) is 0 Å². The van der Waals surface area contributed by atoms with Crippen molar-refractivity contribution in [2.45, 2.75) is 53.1 Å². The molecule has 0 spiro atoms. The highest BCUT2D eigenvalue weighted by atomic mass is 16.2. The second kappa shape index (κ2) is 6.31. The molecule has 0 N–H and O–H groups in total. The van der Waals surface area contributed by atoms with Crippen LogP contribution in [0, 0.1) is 6.92 Å². The molecule has 2 aromatic carbocycles. The van der Waals surface area contributed by atoms with E-state index in [0.717, 1.165) is 29.7 Å². The maximum Gasteiger partial charge on any atom is 0.258 e. The van der Waals surface area contributed by atoms with Crippen LogP contribution < -0.4 is 4.90 Å². The molecule has 0 unspecified atom stereocenters. The smallest absolute Gasteiger partial charge is 0.258 e. The van der Waals surface area contributed by atoms with Gasteiger partial charge in [-0.15, -0.1) is 0 Å². The van der Waals surface area contributed by atoms with Gasteiger partial charge in [0.15, 0.2) is 0 Å². The molecule has 1 amide bonds. The van der Waals surface area contributed by atoms with Gasteiger partial charge in [-0.25, -0.2) is 0 Å². The zero-order valence-electron chi connectivity index (χ0n) is 16.0. The lowest BCUT2D eigenvalue weighted by molar-refractivity contribution is 0.0996. The van der Waals surface area contributed by atoms with Gasteiger partial charge in [0.25, 0.3) is 5.91 Å². The number of anilines is 1. The van der Waals surface area contributed by atoms with Crippen LogP contribution in [-0.4, -0.2) is 10.5 Å². The lowest BCUT2D eigenvalue weighted by Crippen LogP contribution is -2.22. The van der Waals surface area contributed by atoms with Crippen molar-refractivity contribution < 1.29 is 4.79 Å². The quantitative estimate of drug-likeness (QED) is 0.600. The Morgan fingerprint density at radius 3 is 2.62 bits per heavy atom. The average Bonchev–Trinajstić information content (AvgIpc) is 3.11. The molecule has 0 bridgehead atoms. The Balaban J connectivity index is 1.71. The molecule has 0 saturated heterocycles. The van der Waals surface area contributed by atoms with Crippen LogP contribution in [0.1, 0.15) is 60.4 Å². The number of amides is 1. The molecule has 1 aromatic heterocycles. The summed E-state index contributed by atoms with van der Waals surface area (Å²) in [6.07, 6.45) is 2.12. The fourth-order valence-corrected chi connectivity index (χ4v) is 4.22. The maximum absolute atomic E-state index is 13.0. The van der Waals surface area contributed by atoms with E-state index in [-0.39, 0.29) is 5.91 Å². The van der Waals surface area contributed by atoms with Crippen LogP contribution in [0.3, 0.4) is 0 Å².